The maximum absolute atomic E-state index is 12.7. The molecule has 1 fully saturated rings. The van der Waals surface area contributed by atoms with Gasteiger partial charge in [-0.05, 0) is 49.2 Å². The van der Waals surface area contributed by atoms with Crippen LogP contribution < -0.4 is 5.32 Å². The van der Waals surface area contributed by atoms with Crippen LogP contribution in [0.3, 0.4) is 0 Å². The van der Waals surface area contributed by atoms with E-state index < -0.39 is 15.9 Å². The van der Waals surface area contributed by atoms with Gasteiger partial charge in [0.1, 0.15) is 4.90 Å². The van der Waals surface area contributed by atoms with Crippen molar-refractivity contribution in [2.24, 2.45) is 0 Å². The lowest BCUT2D eigenvalue weighted by Gasteiger charge is -2.17. The number of nitrogens with zero attached hydrogens (tertiary/aromatic N) is 1. The number of hydrogen-bond acceptors (Lipinski definition) is 3. The number of nitrogens with one attached hydrogen (secondary N) is 1. The quantitative estimate of drug-likeness (QED) is 0.772. The molecule has 0 radical (unpaired) electrons. The molecule has 25 heavy (non-hydrogen) atoms. The molecule has 2 aromatic carbocycles. The molecule has 1 heterocycles. The minimum absolute atomic E-state index is 0.0297. The summed E-state index contributed by atoms with van der Waals surface area (Å²) in [4.78, 5) is 12.4. The number of sulfonamides is 1. The van der Waals surface area contributed by atoms with E-state index in [0.717, 1.165) is 17.3 Å². The molecule has 0 saturated carbocycles. The second kappa shape index (κ2) is 7.45. The first-order chi connectivity index (χ1) is 11.9. The molecule has 1 amide bonds. The van der Waals surface area contributed by atoms with Crippen LogP contribution >= 0.6 is 27.5 Å². The van der Waals surface area contributed by atoms with Gasteiger partial charge >= 0.3 is 0 Å². The molecule has 0 aromatic heterocycles. The Balaban J connectivity index is 1.89. The molecule has 2 aromatic rings. The van der Waals surface area contributed by atoms with E-state index in [4.69, 9.17) is 11.6 Å². The number of carbonyl (C=O) groups excluding carboxylic acids is 1. The normalized spacial score (nSPS) is 15.3. The Kier molecular flexibility index (Phi) is 5.48. The van der Waals surface area contributed by atoms with Gasteiger partial charge in [0.15, 0.2) is 0 Å². The molecule has 1 aliphatic heterocycles. The molecule has 0 atom stereocenters. The minimum atomic E-state index is -3.69. The molecule has 8 heteroatoms. The van der Waals surface area contributed by atoms with E-state index in [1.165, 1.54) is 22.5 Å². The van der Waals surface area contributed by atoms with Gasteiger partial charge in [-0.3, -0.25) is 4.79 Å². The van der Waals surface area contributed by atoms with Crippen LogP contribution in [0.5, 0.6) is 0 Å². The SMILES string of the molecule is O=C(Nc1cccc(Br)c1)c1ccc(Cl)c(S(=O)(=O)N2CCCC2)c1. The van der Waals surface area contributed by atoms with Crippen molar-refractivity contribution in [3.63, 3.8) is 0 Å². The Labute approximate surface area is 160 Å². The van der Waals surface area contributed by atoms with E-state index in [-0.39, 0.29) is 15.5 Å². The third kappa shape index (κ3) is 4.06. The van der Waals surface area contributed by atoms with Crippen molar-refractivity contribution in [2.75, 3.05) is 18.4 Å². The summed E-state index contributed by atoms with van der Waals surface area (Å²) in [6.45, 7) is 0.959. The zero-order valence-corrected chi connectivity index (χ0v) is 16.4. The summed E-state index contributed by atoms with van der Waals surface area (Å²) in [6.07, 6.45) is 1.67. The number of hydrogen-bond donors (Lipinski definition) is 1. The van der Waals surface area contributed by atoms with E-state index >= 15 is 0 Å². The van der Waals surface area contributed by atoms with Gasteiger partial charge in [-0.1, -0.05) is 33.6 Å². The highest BCUT2D eigenvalue weighted by atomic mass is 79.9. The molecule has 0 bridgehead atoms. The lowest BCUT2D eigenvalue weighted by atomic mass is 10.2. The summed E-state index contributed by atoms with van der Waals surface area (Å²) < 4.78 is 27.7. The lowest BCUT2D eigenvalue weighted by molar-refractivity contribution is 0.102. The third-order valence-electron chi connectivity index (χ3n) is 3.96. The monoisotopic (exact) mass is 442 g/mol. The van der Waals surface area contributed by atoms with Crippen LogP contribution in [0.25, 0.3) is 0 Å². The smallest absolute Gasteiger partial charge is 0.255 e. The van der Waals surface area contributed by atoms with E-state index in [1.807, 2.05) is 6.07 Å². The second-order valence-electron chi connectivity index (χ2n) is 5.72. The van der Waals surface area contributed by atoms with Crippen molar-refractivity contribution >= 4 is 49.1 Å². The summed E-state index contributed by atoms with van der Waals surface area (Å²) in [5.41, 5.74) is 0.848. The maximum Gasteiger partial charge on any atom is 0.255 e. The molecule has 0 spiro atoms. The van der Waals surface area contributed by atoms with E-state index in [0.29, 0.717) is 18.8 Å². The van der Waals surface area contributed by atoms with Crippen LogP contribution in [0.4, 0.5) is 5.69 Å². The van der Waals surface area contributed by atoms with Crippen LogP contribution in [-0.2, 0) is 10.0 Å². The highest BCUT2D eigenvalue weighted by molar-refractivity contribution is 9.10. The summed E-state index contributed by atoms with van der Waals surface area (Å²) in [5.74, 6) is -0.396. The van der Waals surface area contributed by atoms with Gasteiger partial charge in [0.25, 0.3) is 5.91 Å². The predicted octanol–water partition coefficient (Wildman–Crippen LogP) is 4.14. The van der Waals surface area contributed by atoms with E-state index in [1.54, 1.807) is 18.2 Å². The van der Waals surface area contributed by atoms with Gasteiger partial charge in [-0.15, -0.1) is 0 Å². The number of anilines is 1. The molecule has 1 aliphatic rings. The van der Waals surface area contributed by atoms with Crippen molar-refractivity contribution in [3.8, 4) is 0 Å². The fourth-order valence-corrected chi connectivity index (χ4v) is 5.10. The van der Waals surface area contributed by atoms with Crippen LogP contribution in [0.1, 0.15) is 23.2 Å². The molecule has 1 saturated heterocycles. The molecule has 3 rings (SSSR count). The fourth-order valence-electron chi connectivity index (χ4n) is 2.68. The van der Waals surface area contributed by atoms with Crippen LogP contribution in [0.15, 0.2) is 51.8 Å². The zero-order valence-electron chi connectivity index (χ0n) is 13.2. The van der Waals surface area contributed by atoms with Gasteiger partial charge in [0.2, 0.25) is 10.0 Å². The number of rotatable bonds is 4. The lowest BCUT2D eigenvalue weighted by Crippen LogP contribution is -2.28. The molecule has 0 unspecified atom stereocenters. The summed E-state index contributed by atoms with van der Waals surface area (Å²) >= 11 is 9.44. The average Bonchev–Trinajstić information content (AvgIpc) is 3.10. The highest BCUT2D eigenvalue weighted by Gasteiger charge is 2.29. The zero-order chi connectivity index (χ0) is 18.0. The first-order valence-electron chi connectivity index (χ1n) is 7.74. The fraction of sp³-hybridized carbons (Fsp3) is 0.235. The number of amides is 1. The Hall–Kier alpha value is -1.41. The third-order valence-corrected chi connectivity index (χ3v) is 6.83. The Morgan fingerprint density at radius 2 is 1.84 bits per heavy atom. The van der Waals surface area contributed by atoms with E-state index in [2.05, 4.69) is 21.2 Å². The van der Waals surface area contributed by atoms with Crippen molar-refractivity contribution in [1.82, 2.24) is 4.31 Å². The summed E-state index contributed by atoms with van der Waals surface area (Å²) in [5, 5.41) is 2.86. The largest absolute Gasteiger partial charge is 0.322 e. The molecule has 1 N–H and O–H groups in total. The predicted molar refractivity (Wildman–Crippen MR) is 102 cm³/mol. The van der Waals surface area contributed by atoms with Crippen molar-refractivity contribution < 1.29 is 13.2 Å². The Bertz CT molecular complexity index is 912. The van der Waals surface area contributed by atoms with Gasteiger partial charge in [0.05, 0.1) is 5.02 Å². The van der Waals surface area contributed by atoms with Crippen molar-refractivity contribution in [1.29, 1.82) is 0 Å². The van der Waals surface area contributed by atoms with Crippen molar-refractivity contribution in [3.05, 3.63) is 57.5 Å². The first kappa shape index (κ1) is 18.4. The molecule has 132 valence electrons. The number of carbonyl (C=O) groups is 1. The number of benzene rings is 2. The summed E-state index contributed by atoms with van der Waals surface area (Å²) in [7, 11) is -3.69. The van der Waals surface area contributed by atoms with E-state index in [9.17, 15) is 13.2 Å². The summed E-state index contributed by atoms with van der Waals surface area (Å²) in [6, 6.07) is 11.4. The molecular formula is C17H16BrClN2O3S. The Morgan fingerprint density at radius 1 is 1.12 bits per heavy atom. The Morgan fingerprint density at radius 3 is 2.52 bits per heavy atom. The molecule has 0 aliphatic carbocycles. The van der Waals surface area contributed by atoms with Crippen LogP contribution in [-0.4, -0.2) is 31.7 Å². The average molecular weight is 444 g/mol. The standard InChI is InChI=1S/C17H16BrClN2O3S/c18-13-4-3-5-14(11-13)20-17(22)12-6-7-15(19)16(10-12)25(23,24)21-8-1-2-9-21/h3-7,10-11H,1-2,8-9H2,(H,20,22). The molecular weight excluding hydrogens is 428 g/mol. The minimum Gasteiger partial charge on any atom is -0.322 e. The highest BCUT2D eigenvalue weighted by Crippen LogP contribution is 2.28. The van der Waals surface area contributed by atoms with Gasteiger partial charge in [-0.25, -0.2) is 8.42 Å². The van der Waals surface area contributed by atoms with Crippen LogP contribution in [0, 0.1) is 0 Å². The van der Waals surface area contributed by atoms with Crippen LogP contribution in [0.2, 0.25) is 5.02 Å². The van der Waals surface area contributed by atoms with Gasteiger partial charge in [-0.2, -0.15) is 4.31 Å². The second-order valence-corrected chi connectivity index (χ2v) is 8.95. The van der Waals surface area contributed by atoms with Crippen molar-refractivity contribution in [2.45, 2.75) is 17.7 Å². The topological polar surface area (TPSA) is 66.5 Å². The molecule has 5 nitrogen and oxygen atoms in total. The number of halogens is 2. The first-order valence-corrected chi connectivity index (χ1v) is 10.4. The maximum atomic E-state index is 12.7. The van der Waals surface area contributed by atoms with Gasteiger partial charge < -0.3 is 5.32 Å². The van der Waals surface area contributed by atoms with Gasteiger partial charge in [0, 0.05) is 28.8 Å².